The molecule has 1 aliphatic rings. The molecule has 0 aromatic carbocycles. The van der Waals surface area contributed by atoms with Crippen LogP contribution in [0.25, 0.3) is 0 Å². The molecule has 0 radical (unpaired) electrons. The summed E-state index contributed by atoms with van der Waals surface area (Å²) in [5.41, 5.74) is 1.16. The molecule has 3 rings (SSSR count). The Morgan fingerprint density at radius 3 is 2.75 bits per heavy atom. The molecule has 0 spiro atoms. The van der Waals surface area contributed by atoms with Gasteiger partial charge in [-0.3, -0.25) is 9.69 Å². The molecule has 3 heterocycles. The Bertz CT molecular complexity index is 692. The summed E-state index contributed by atoms with van der Waals surface area (Å²) in [5, 5.41) is 3.26. The van der Waals surface area contributed by atoms with E-state index in [4.69, 9.17) is 0 Å². The number of halogens is 1. The number of hydrogen-bond donors (Lipinski definition) is 0. The van der Waals surface area contributed by atoms with E-state index < -0.39 is 0 Å². The molecule has 1 amide bonds. The van der Waals surface area contributed by atoms with E-state index in [1.54, 1.807) is 22.7 Å². The Morgan fingerprint density at radius 2 is 2.17 bits per heavy atom. The maximum absolute atomic E-state index is 12.7. The van der Waals surface area contributed by atoms with Crippen molar-refractivity contribution >= 4 is 44.5 Å². The second-order valence-corrected chi connectivity index (χ2v) is 9.92. The number of nitrogens with zero attached hydrogens (tertiary/aromatic N) is 3. The van der Waals surface area contributed by atoms with Crippen molar-refractivity contribution in [2.24, 2.45) is 5.92 Å². The van der Waals surface area contributed by atoms with E-state index in [0.29, 0.717) is 6.54 Å². The van der Waals surface area contributed by atoms with Gasteiger partial charge in [0, 0.05) is 29.8 Å². The molecule has 4 nitrogen and oxygen atoms in total. The maximum Gasteiger partial charge on any atom is 0.225 e. The zero-order valence-corrected chi connectivity index (χ0v) is 17.2. The SMILES string of the molecule is Cc1nc(CN2CCC(C(=O)N(C)Cc3ccc(Br)s3)CC2)cs1. The van der Waals surface area contributed by atoms with Gasteiger partial charge in [-0.25, -0.2) is 4.98 Å². The van der Waals surface area contributed by atoms with Gasteiger partial charge in [-0.15, -0.1) is 22.7 Å². The molecule has 1 aliphatic heterocycles. The Morgan fingerprint density at radius 1 is 1.42 bits per heavy atom. The number of aryl methyl sites for hydroxylation is 1. The van der Waals surface area contributed by atoms with Gasteiger partial charge >= 0.3 is 0 Å². The van der Waals surface area contributed by atoms with E-state index >= 15 is 0 Å². The van der Waals surface area contributed by atoms with Crippen LogP contribution in [0.4, 0.5) is 0 Å². The second-order valence-electron chi connectivity index (χ2n) is 6.31. The van der Waals surface area contributed by atoms with Gasteiger partial charge in [-0.2, -0.15) is 0 Å². The van der Waals surface area contributed by atoms with Crippen molar-refractivity contribution in [3.8, 4) is 0 Å². The third-order valence-electron chi connectivity index (χ3n) is 4.39. The first-order valence-electron chi connectivity index (χ1n) is 8.14. The highest BCUT2D eigenvalue weighted by Gasteiger charge is 2.27. The molecule has 0 bridgehead atoms. The number of carbonyl (C=O) groups is 1. The predicted octanol–water partition coefficient (Wildman–Crippen LogP) is 4.15. The van der Waals surface area contributed by atoms with E-state index in [1.807, 2.05) is 24.9 Å². The molecular weight excluding hydrogens is 406 g/mol. The van der Waals surface area contributed by atoms with Crippen LogP contribution < -0.4 is 0 Å². The van der Waals surface area contributed by atoms with Crippen molar-refractivity contribution < 1.29 is 4.79 Å². The number of thiazole rings is 1. The lowest BCUT2D eigenvalue weighted by atomic mass is 9.95. The summed E-state index contributed by atoms with van der Waals surface area (Å²) >= 11 is 6.87. The molecule has 24 heavy (non-hydrogen) atoms. The fraction of sp³-hybridized carbons (Fsp3) is 0.529. The lowest BCUT2D eigenvalue weighted by molar-refractivity contribution is -0.136. The number of rotatable bonds is 5. The highest BCUT2D eigenvalue weighted by atomic mass is 79.9. The molecule has 2 aromatic heterocycles. The van der Waals surface area contributed by atoms with E-state index in [9.17, 15) is 4.79 Å². The van der Waals surface area contributed by atoms with Crippen LogP contribution in [0.3, 0.4) is 0 Å². The van der Waals surface area contributed by atoms with Gasteiger partial charge in [0.25, 0.3) is 0 Å². The van der Waals surface area contributed by atoms with Crippen LogP contribution in [0.5, 0.6) is 0 Å². The summed E-state index contributed by atoms with van der Waals surface area (Å²) in [6.45, 7) is 5.61. The number of thiophene rings is 1. The third kappa shape index (κ3) is 4.65. The average molecular weight is 428 g/mol. The number of piperidine rings is 1. The van der Waals surface area contributed by atoms with Gasteiger partial charge in [0.2, 0.25) is 5.91 Å². The zero-order valence-electron chi connectivity index (χ0n) is 14.0. The molecule has 7 heteroatoms. The van der Waals surface area contributed by atoms with Crippen molar-refractivity contribution in [2.75, 3.05) is 20.1 Å². The Balaban J connectivity index is 1.47. The highest BCUT2D eigenvalue weighted by molar-refractivity contribution is 9.11. The molecule has 0 unspecified atom stereocenters. The van der Waals surface area contributed by atoms with Crippen molar-refractivity contribution in [1.82, 2.24) is 14.8 Å². The Kier molecular flexibility index (Phi) is 6.07. The molecule has 0 aliphatic carbocycles. The summed E-state index contributed by atoms with van der Waals surface area (Å²) in [4.78, 5) is 22.7. The van der Waals surface area contributed by atoms with Crippen LogP contribution in [0, 0.1) is 12.8 Å². The lowest BCUT2D eigenvalue weighted by Crippen LogP contribution is -2.40. The van der Waals surface area contributed by atoms with Crippen LogP contribution in [0.15, 0.2) is 21.3 Å². The van der Waals surface area contributed by atoms with E-state index in [2.05, 4.69) is 37.3 Å². The summed E-state index contributed by atoms with van der Waals surface area (Å²) in [7, 11) is 1.92. The quantitative estimate of drug-likeness (QED) is 0.718. The molecule has 0 saturated carbocycles. The monoisotopic (exact) mass is 427 g/mol. The minimum Gasteiger partial charge on any atom is -0.340 e. The molecule has 130 valence electrons. The molecular formula is C17H22BrN3OS2. The number of likely N-dealkylation sites (tertiary alicyclic amines) is 1. The first-order chi connectivity index (χ1) is 11.5. The Hall–Kier alpha value is -0.760. The second kappa shape index (κ2) is 8.08. The van der Waals surface area contributed by atoms with E-state index in [-0.39, 0.29) is 11.8 Å². The van der Waals surface area contributed by atoms with Crippen LogP contribution in [-0.4, -0.2) is 40.8 Å². The molecule has 1 saturated heterocycles. The van der Waals surface area contributed by atoms with Gasteiger partial charge in [0.15, 0.2) is 0 Å². The van der Waals surface area contributed by atoms with Gasteiger partial charge in [-0.1, -0.05) is 0 Å². The van der Waals surface area contributed by atoms with Gasteiger partial charge in [0.05, 0.1) is 21.0 Å². The van der Waals surface area contributed by atoms with E-state index in [1.165, 1.54) is 4.88 Å². The number of amides is 1. The fourth-order valence-corrected chi connectivity index (χ4v) is 5.25. The Labute approximate surface area is 159 Å². The smallest absolute Gasteiger partial charge is 0.225 e. The van der Waals surface area contributed by atoms with Crippen LogP contribution in [0.1, 0.15) is 28.4 Å². The van der Waals surface area contributed by atoms with Crippen molar-refractivity contribution in [1.29, 1.82) is 0 Å². The normalized spacial score (nSPS) is 16.5. The van der Waals surface area contributed by atoms with E-state index in [0.717, 1.165) is 47.0 Å². The molecule has 1 fully saturated rings. The van der Waals surface area contributed by atoms with Crippen LogP contribution in [0.2, 0.25) is 0 Å². The average Bonchev–Trinajstić information content (AvgIpc) is 3.15. The first kappa shape index (κ1) is 18.0. The third-order valence-corrected chi connectivity index (χ3v) is 6.82. The standard InChI is InChI=1S/C17H22BrN3OS2/c1-12-19-14(11-23-12)9-21-7-5-13(6-8-21)17(22)20(2)10-15-3-4-16(18)24-15/h3-4,11,13H,5-10H2,1-2H3. The van der Waals surface area contributed by atoms with Gasteiger partial charge in [-0.05, 0) is 60.9 Å². The minimum atomic E-state index is 0.159. The molecule has 2 aromatic rings. The number of aromatic nitrogens is 1. The maximum atomic E-state index is 12.7. The summed E-state index contributed by atoms with van der Waals surface area (Å²) in [6.07, 6.45) is 1.89. The summed E-state index contributed by atoms with van der Waals surface area (Å²) in [5.74, 6) is 0.440. The largest absolute Gasteiger partial charge is 0.340 e. The van der Waals surface area contributed by atoms with Crippen molar-refractivity contribution in [3.63, 3.8) is 0 Å². The summed E-state index contributed by atoms with van der Waals surface area (Å²) < 4.78 is 1.11. The summed E-state index contributed by atoms with van der Waals surface area (Å²) in [6, 6.07) is 4.12. The minimum absolute atomic E-state index is 0.159. The van der Waals surface area contributed by atoms with Gasteiger partial charge < -0.3 is 4.90 Å². The topological polar surface area (TPSA) is 36.4 Å². The zero-order chi connectivity index (χ0) is 17.1. The van der Waals surface area contributed by atoms with Crippen molar-refractivity contribution in [3.05, 3.63) is 36.9 Å². The highest BCUT2D eigenvalue weighted by Crippen LogP contribution is 2.25. The van der Waals surface area contributed by atoms with Crippen LogP contribution >= 0.6 is 38.6 Å². The number of hydrogen-bond acceptors (Lipinski definition) is 5. The lowest BCUT2D eigenvalue weighted by Gasteiger charge is -2.32. The first-order valence-corrected chi connectivity index (χ1v) is 10.6. The molecule has 0 N–H and O–H groups in total. The van der Waals surface area contributed by atoms with Crippen molar-refractivity contribution in [2.45, 2.75) is 32.9 Å². The van der Waals surface area contributed by atoms with Crippen LogP contribution in [-0.2, 0) is 17.9 Å². The van der Waals surface area contributed by atoms with Gasteiger partial charge in [0.1, 0.15) is 0 Å². The fourth-order valence-electron chi connectivity index (χ4n) is 3.11. The molecule has 0 atom stereocenters. The predicted molar refractivity (Wildman–Crippen MR) is 103 cm³/mol. The number of carbonyl (C=O) groups excluding carboxylic acids is 1.